The van der Waals surface area contributed by atoms with Gasteiger partial charge in [-0.05, 0) is 12.1 Å². The zero-order valence-corrected chi connectivity index (χ0v) is 11.1. The molecule has 3 rings (SSSR count). The van der Waals surface area contributed by atoms with Crippen LogP contribution in [-0.2, 0) is 4.74 Å². The van der Waals surface area contributed by atoms with E-state index in [1.807, 2.05) is 0 Å². The van der Waals surface area contributed by atoms with Crippen molar-refractivity contribution in [2.24, 2.45) is 0 Å². The summed E-state index contributed by atoms with van der Waals surface area (Å²) in [6.07, 6.45) is 1.54. The topological polar surface area (TPSA) is 56.5 Å². The fourth-order valence-electron chi connectivity index (χ4n) is 2.16. The Hall–Kier alpha value is -1.99. The second-order valence-corrected chi connectivity index (χ2v) is 4.57. The number of aromatic nitrogens is 1. The van der Waals surface area contributed by atoms with Crippen LogP contribution in [0.1, 0.15) is 12.0 Å². The molecule has 1 fully saturated rings. The van der Waals surface area contributed by atoms with E-state index < -0.39 is 29.6 Å². The monoisotopic (exact) mass is 296 g/mol. The van der Waals surface area contributed by atoms with E-state index in [9.17, 15) is 8.78 Å². The summed E-state index contributed by atoms with van der Waals surface area (Å²) >= 11 is 0. The van der Waals surface area contributed by atoms with Crippen molar-refractivity contribution in [2.45, 2.75) is 12.2 Å². The van der Waals surface area contributed by atoms with E-state index in [1.54, 1.807) is 0 Å². The van der Waals surface area contributed by atoms with Crippen LogP contribution in [0.4, 0.5) is 8.78 Å². The summed E-state index contributed by atoms with van der Waals surface area (Å²) in [5.41, 5.74) is 0. The third-order valence-corrected chi connectivity index (χ3v) is 3.15. The van der Waals surface area contributed by atoms with Crippen LogP contribution in [0, 0.1) is 11.6 Å². The largest absolute Gasteiger partial charge is 0.472 e. The number of morpholine rings is 1. The van der Waals surface area contributed by atoms with Crippen molar-refractivity contribution in [1.29, 1.82) is 0 Å². The lowest BCUT2D eigenvalue weighted by atomic mass is 10.1. The highest BCUT2D eigenvalue weighted by atomic mass is 19.1. The van der Waals surface area contributed by atoms with Gasteiger partial charge >= 0.3 is 0 Å². The van der Waals surface area contributed by atoms with Crippen molar-refractivity contribution in [1.82, 2.24) is 10.3 Å². The lowest BCUT2D eigenvalue weighted by Gasteiger charge is -2.29. The van der Waals surface area contributed by atoms with Crippen LogP contribution in [0.3, 0.4) is 0 Å². The molecule has 7 heteroatoms. The van der Waals surface area contributed by atoms with E-state index in [0.717, 1.165) is 12.1 Å². The van der Waals surface area contributed by atoms with Gasteiger partial charge in [0.2, 0.25) is 12.0 Å². The molecule has 0 spiro atoms. The van der Waals surface area contributed by atoms with Crippen LogP contribution >= 0.6 is 0 Å². The number of hydrogen-bond donors (Lipinski definition) is 1. The Morgan fingerprint density at radius 3 is 2.76 bits per heavy atom. The molecule has 5 nitrogen and oxygen atoms in total. The summed E-state index contributed by atoms with van der Waals surface area (Å²) in [4.78, 5) is 4.00. The molecule has 0 unspecified atom stereocenters. The molecule has 1 aliphatic heterocycles. The van der Waals surface area contributed by atoms with Gasteiger partial charge in [0.05, 0.1) is 12.8 Å². The fourth-order valence-corrected chi connectivity index (χ4v) is 2.16. The quantitative estimate of drug-likeness (QED) is 0.936. The Balaban J connectivity index is 1.89. The standard InChI is InChI=1S/C14H14F2N2O3/c15-9-2-1-3-10(16)12(9)21-13(14-18-5-7-20-14)11-8-17-4-6-19-11/h1-3,5,7,11,13,17H,4,6,8H2/t11-,13+/m0/s1. The first kappa shape index (κ1) is 14.0. The maximum absolute atomic E-state index is 13.7. The van der Waals surface area contributed by atoms with E-state index in [1.165, 1.54) is 18.5 Å². The second-order valence-electron chi connectivity index (χ2n) is 4.57. The van der Waals surface area contributed by atoms with Gasteiger partial charge < -0.3 is 19.2 Å². The van der Waals surface area contributed by atoms with Crippen molar-refractivity contribution >= 4 is 0 Å². The third kappa shape index (κ3) is 3.03. The van der Waals surface area contributed by atoms with Crippen LogP contribution < -0.4 is 10.1 Å². The van der Waals surface area contributed by atoms with Gasteiger partial charge in [0.1, 0.15) is 12.4 Å². The number of ether oxygens (including phenoxy) is 2. The number of nitrogens with zero attached hydrogens (tertiary/aromatic N) is 1. The van der Waals surface area contributed by atoms with Crippen molar-refractivity contribution in [3.05, 3.63) is 48.2 Å². The van der Waals surface area contributed by atoms with Crippen molar-refractivity contribution in [3.63, 3.8) is 0 Å². The Labute approximate surface area is 119 Å². The van der Waals surface area contributed by atoms with Gasteiger partial charge in [-0.1, -0.05) is 6.07 Å². The number of halogens is 2. The number of rotatable bonds is 4. The predicted octanol–water partition coefficient (Wildman–Crippen LogP) is 2.06. The van der Waals surface area contributed by atoms with Crippen LogP contribution in [0.2, 0.25) is 0 Å². The Bertz CT molecular complexity index is 566. The minimum Gasteiger partial charge on any atom is -0.472 e. The molecule has 2 heterocycles. The van der Waals surface area contributed by atoms with Gasteiger partial charge in [-0.2, -0.15) is 0 Å². The van der Waals surface area contributed by atoms with Gasteiger partial charge in [-0.3, -0.25) is 0 Å². The average Bonchev–Trinajstić information content (AvgIpc) is 3.02. The zero-order valence-electron chi connectivity index (χ0n) is 11.1. The van der Waals surface area contributed by atoms with Crippen molar-refractivity contribution < 1.29 is 22.7 Å². The van der Waals surface area contributed by atoms with E-state index >= 15 is 0 Å². The second kappa shape index (κ2) is 6.19. The summed E-state index contributed by atoms with van der Waals surface area (Å²) < 4.78 is 43.8. The molecule has 1 aromatic heterocycles. The van der Waals surface area contributed by atoms with Crippen LogP contribution in [-0.4, -0.2) is 30.8 Å². The lowest BCUT2D eigenvalue weighted by molar-refractivity contribution is -0.0541. The molecule has 1 aliphatic rings. The Morgan fingerprint density at radius 1 is 1.33 bits per heavy atom. The number of nitrogens with one attached hydrogen (secondary N) is 1. The van der Waals surface area contributed by atoms with Crippen molar-refractivity contribution in [2.75, 3.05) is 19.7 Å². The molecular weight excluding hydrogens is 282 g/mol. The Kier molecular flexibility index (Phi) is 4.12. The fraction of sp³-hybridized carbons (Fsp3) is 0.357. The van der Waals surface area contributed by atoms with Gasteiger partial charge in [0, 0.05) is 13.1 Å². The average molecular weight is 296 g/mol. The van der Waals surface area contributed by atoms with E-state index in [-0.39, 0.29) is 5.89 Å². The highest BCUT2D eigenvalue weighted by Gasteiger charge is 2.32. The maximum Gasteiger partial charge on any atom is 0.238 e. The zero-order chi connectivity index (χ0) is 14.7. The summed E-state index contributed by atoms with van der Waals surface area (Å²) in [6.45, 7) is 1.66. The molecule has 1 saturated heterocycles. The molecular formula is C14H14F2N2O3. The van der Waals surface area contributed by atoms with E-state index in [2.05, 4.69) is 10.3 Å². The van der Waals surface area contributed by atoms with Gasteiger partial charge in [0.15, 0.2) is 17.4 Å². The van der Waals surface area contributed by atoms with E-state index in [0.29, 0.717) is 19.7 Å². The first-order valence-electron chi connectivity index (χ1n) is 6.58. The number of hydrogen-bond acceptors (Lipinski definition) is 5. The third-order valence-electron chi connectivity index (χ3n) is 3.15. The molecule has 0 amide bonds. The highest BCUT2D eigenvalue weighted by molar-refractivity contribution is 5.26. The van der Waals surface area contributed by atoms with Gasteiger partial charge in [-0.25, -0.2) is 13.8 Å². The molecule has 1 aromatic carbocycles. The van der Waals surface area contributed by atoms with Crippen LogP contribution in [0.25, 0.3) is 0 Å². The highest BCUT2D eigenvalue weighted by Crippen LogP contribution is 2.30. The molecule has 112 valence electrons. The van der Waals surface area contributed by atoms with Gasteiger partial charge in [-0.15, -0.1) is 0 Å². The number of para-hydroxylation sites is 1. The summed E-state index contributed by atoms with van der Waals surface area (Å²) in [6, 6.07) is 3.53. The SMILES string of the molecule is Fc1cccc(F)c1O[C@@H](c1ncco1)[C@@H]1CNCCO1. The molecule has 0 radical (unpaired) electrons. The Morgan fingerprint density at radius 2 is 2.14 bits per heavy atom. The number of oxazole rings is 1. The van der Waals surface area contributed by atoms with Crippen LogP contribution in [0.15, 0.2) is 35.1 Å². The molecule has 21 heavy (non-hydrogen) atoms. The van der Waals surface area contributed by atoms with Gasteiger partial charge in [0.25, 0.3) is 0 Å². The molecule has 2 aromatic rings. The predicted molar refractivity (Wildman–Crippen MR) is 68.8 cm³/mol. The molecule has 0 bridgehead atoms. The smallest absolute Gasteiger partial charge is 0.238 e. The summed E-state index contributed by atoms with van der Waals surface area (Å²) in [7, 11) is 0. The first-order valence-corrected chi connectivity index (χ1v) is 6.58. The van der Waals surface area contributed by atoms with Crippen LogP contribution in [0.5, 0.6) is 5.75 Å². The molecule has 0 saturated carbocycles. The minimum absolute atomic E-state index is 0.214. The minimum atomic E-state index is -0.834. The summed E-state index contributed by atoms with van der Waals surface area (Å²) in [5.74, 6) is -1.81. The first-order chi connectivity index (χ1) is 10.3. The summed E-state index contributed by atoms with van der Waals surface area (Å²) in [5, 5.41) is 3.13. The molecule has 1 N–H and O–H groups in total. The maximum atomic E-state index is 13.7. The normalized spacial score (nSPS) is 20.2. The number of benzene rings is 1. The molecule has 2 atom stereocenters. The lowest BCUT2D eigenvalue weighted by Crippen LogP contribution is -2.43. The van der Waals surface area contributed by atoms with E-state index in [4.69, 9.17) is 13.9 Å². The molecule has 0 aliphatic carbocycles. The van der Waals surface area contributed by atoms with Crippen molar-refractivity contribution in [3.8, 4) is 5.75 Å².